The summed E-state index contributed by atoms with van der Waals surface area (Å²) >= 11 is 0. The monoisotopic (exact) mass is 270 g/mol. The van der Waals surface area contributed by atoms with Crippen molar-refractivity contribution in [3.05, 3.63) is 11.8 Å². The third-order valence-electron chi connectivity index (χ3n) is 3.18. The van der Waals surface area contributed by atoms with Crippen LogP contribution in [0.5, 0.6) is 0 Å². The van der Waals surface area contributed by atoms with E-state index in [0.29, 0.717) is 24.9 Å². The van der Waals surface area contributed by atoms with E-state index in [9.17, 15) is 0 Å². The van der Waals surface area contributed by atoms with Gasteiger partial charge >= 0.3 is 0 Å². The van der Waals surface area contributed by atoms with Crippen LogP contribution in [0, 0.1) is 6.92 Å². The Bertz CT molecular complexity index is 366. The first-order valence-corrected chi connectivity index (χ1v) is 6.70. The van der Waals surface area contributed by atoms with Crippen molar-refractivity contribution < 1.29 is 14.3 Å². The van der Waals surface area contributed by atoms with E-state index < -0.39 is 0 Å². The quantitative estimate of drug-likeness (QED) is 0.716. The van der Waals surface area contributed by atoms with E-state index in [-0.39, 0.29) is 6.61 Å². The fourth-order valence-electron chi connectivity index (χ4n) is 2.11. The lowest BCUT2D eigenvalue weighted by molar-refractivity contribution is 0.0315. The Balaban J connectivity index is 1.78. The van der Waals surface area contributed by atoms with Gasteiger partial charge in [0.1, 0.15) is 0 Å². The third-order valence-corrected chi connectivity index (χ3v) is 3.18. The van der Waals surface area contributed by atoms with Crippen LogP contribution in [0.2, 0.25) is 0 Å². The maximum atomic E-state index is 9.11. The molecule has 0 spiro atoms. The number of hydrogen-bond donors (Lipinski definition) is 1. The molecule has 2 rings (SSSR count). The highest BCUT2D eigenvalue weighted by molar-refractivity contribution is 4.79. The molecule has 1 aliphatic heterocycles. The van der Waals surface area contributed by atoms with E-state index in [1.165, 1.54) is 0 Å². The van der Waals surface area contributed by atoms with Gasteiger partial charge in [0, 0.05) is 39.6 Å². The molecule has 7 heteroatoms. The van der Waals surface area contributed by atoms with Gasteiger partial charge in [0.2, 0.25) is 11.8 Å². The smallest absolute Gasteiger partial charge is 0.230 e. The summed E-state index contributed by atoms with van der Waals surface area (Å²) in [7, 11) is 0. The SMILES string of the molecule is Cc1nnc(CN(CCO)CCN2CCOCC2)o1. The van der Waals surface area contributed by atoms with Crippen LogP contribution >= 0.6 is 0 Å². The Morgan fingerprint density at radius 2 is 2.05 bits per heavy atom. The van der Waals surface area contributed by atoms with E-state index in [1.54, 1.807) is 6.92 Å². The molecule has 108 valence electrons. The van der Waals surface area contributed by atoms with Crippen molar-refractivity contribution in [2.75, 3.05) is 52.5 Å². The fourth-order valence-corrected chi connectivity index (χ4v) is 2.11. The minimum absolute atomic E-state index is 0.135. The molecule has 0 bridgehead atoms. The van der Waals surface area contributed by atoms with Crippen molar-refractivity contribution in [3.8, 4) is 0 Å². The van der Waals surface area contributed by atoms with Crippen molar-refractivity contribution in [1.29, 1.82) is 0 Å². The van der Waals surface area contributed by atoms with Crippen molar-refractivity contribution >= 4 is 0 Å². The second-order valence-corrected chi connectivity index (χ2v) is 4.67. The van der Waals surface area contributed by atoms with Crippen LogP contribution in [0.3, 0.4) is 0 Å². The predicted molar refractivity (Wildman–Crippen MR) is 68.7 cm³/mol. The molecular formula is C12H22N4O3. The van der Waals surface area contributed by atoms with Gasteiger partial charge in [-0.25, -0.2) is 0 Å². The van der Waals surface area contributed by atoms with E-state index in [0.717, 1.165) is 39.4 Å². The number of nitrogens with zero attached hydrogens (tertiary/aromatic N) is 4. The van der Waals surface area contributed by atoms with Gasteiger partial charge in [0.25, 0.3) is 0 Å². The number of ether oxygens (including phenoxy) is 1. The molecule has 7 nitrogen and oxygen atoms in total. The Morgan fingerprint density at radius 1 is 1.26 bits per heavy atom. The molecule has 0 aromatic carbocycles. The topological polar surface area (TPSA) is 74.9 Å². The standard InChI is InChI=1S/C12H22N4O3/c1-11-13-14-12(19-11)10-16(4-7-17)3-2-15-5-8-18-9-6-15/h17H,2-10H2,1H3. The van der Waals surface area contributed by atoms with Gasteiger partial charge in [-0.1, -0.05) is 0 Å². The fraction of sp³-hybridized carbons (Fsp3) is 0.833. The van der Waals surface area contributed by atoms with Gasteiger partial charge in [0.05, 0.1) is 26.4 Å². The van der Waals surface area contributed by atoms with Crippen LogP contribution in [-0.4, -0.2) is 77.6 Å². The molecule has 0 saturated carbocycles. The number of aromatic nitrogens is 2. The van der Waals surface area contributed by atoms with Crippen molar-refractivity contribution in [3.63, 3.8) is 0 Å². The Labute approximate surface area is 113 Å². The largest absolute Gasteiger partial charge is 0.424 e. The van der Waals surface area contributed by atoms with Gasteiger partial charge in [-0.15, -0.1) is 10.2 Å². The molecule has 0 aliphatic carbocycles. The minimum Gasteiger partial charge on any atom is -0.424 e. The average molecular weight is 270 g/mol. The maximum Gasteiger partial charge on any atom is 0.230 e. The molecular weight excluding hydrogens is 248 g/mol. The molecule has 0 radical (unpaired) electrons. The number of hydrogen-bond acceptors (Lipinski definition) is 7. The van der Waals surface area contributed by atoms with E-state index >= 15 is 0 Å². The zero-order valence-corrected chi connectivity index (χ0v) is 11.4. The first kappa shape index (κ1) is 14.4. The highest BCUT2D eigenvalue weighted by atomic mass is 16.5. The highest BCUT2D eigenvalue weighted by Crippen LogP contribution is 2.04. The first-order chi connectivity index (χ1) is 9.28. The Kier molecular flexibility index (Phi) is 5.71. The summed E-state index contributed by atoms with van der Waals surface area (Å²) in [5.74, 6) is 1.18. The molecule has 19 heavy (non-hydrogen) atoms. The zero-order chi connectivity index (χ0) is 13.5. The lowest BCUT2D eigenvalue weighted by atomic mass is 10.3. The van der Waals surface area contributed by atoms with Gasteiger partial charge in [0.15, 0.2) is 0 Å². The summed E-state index contributed by atoms with van der Waals surface area (Å²) in [6.45, 7) is 8.54. The Morgan fingerprint density at radius 3 is 2.68 bits per heavy atom. The molecule has 1 fully saturated rings. The lowest BCUT2D eigenvalue weighted by Crippen LogP contribution is -2.41. The van der Waals surface area contributed by atoms with Crippen LogP contribution in [0.4, 0.5) is 0 Å². The second-order valence-electron chi connectivity index (χ2n) is 4.67. The highest BCUT2D eigenvalue weighted by Gasteiger charge is 2.14. The van der Waals surface area contributed by atoms with Crippen molar-refractivity contribution in [1.82, 2.24) is 20.0 Å². The number of rotatable bonds is 7. The van der Waals surface area contributed by atoms with E-state index in [2.05, 4.69) is 20.0 Å². The van der Waals surface area contributed by atoms with Crippen LogP contribution in [0.15, 0.2) is 4.42 Å². The molecule has 1 N–H and O–H groups in total. The molecule has 0 atom stereocenters. The van der Waals surface area contributed by atoms with Crippen molar-refractivity contribution in [2.45, 2.75) is 13.5 Å². The maximum absolute atomic E-state index is 9.11. The predicted octanol–water partition coefficient (Wildman–Crippen LogP) is -0.495. The normalized spacial score (nSPS) is 17.2. The first-order valence-electron chi connectivity index (χ1n) is 6.70. The van der Waals surface area contributed by atoms with Gasteiger partial charge < -0.3 is 14.3 Å². The second kappa shape index (κ2) is 7.54. The number of morpholine rings is 1. The molecule has 0 unspecified atom stereocenters. The Hall–Kier alpha value is -1.02. The summed E-state index contributed by atoms with van der Waals surface area (Å²) < 4.78 is 10.7. The molecule has 0 amide bonds. The molecule has 1 saturated heterocycles. The number of aryl methyl sites for hydroxylation is 1. The third kappa shape index (κ3) is 4.87. The summed E-state index contributed by atoms with van der Waals surface area (Å²) in [6.07, 6.45) is 0. The van der Waals surface area contributed by atoms with Gasteiger partial charge in [-0.2, -0.15) is 0 Å². The van der Waals surface area contributed by atoms with Crippen molar-refractivity contribution in [2.24, 2.45) is 0 Å². The van der Waals surface area contributed by atoms with E-state index in [4.69, 9.17) is 14.3 Å². The summed E-state index contributed by atoms with van der Waals surface area (Å²) in [6, 6.07) is 0. The van der Waals surface area contributed by atoms with Crippen LogP contribution in [-0.2, 0) is 11.3 Å². The van der Waals surface area contributed by atoms with Gasteiger partial charge in [-0.3, -0.25) is 9.80 Å². The molecule has 1 aromatic heterocycles. The number of aliphatic hydroxyl groups is 1. The average Bonchev–Trinajstić information content (AvgIpc) is 2.83. The molecule has 2 heterocycles. The van der Waals surface area contributed by atoms with E-state index in [1.807, 2.05) is 0 Å². The zero-order valence-electron chi connectivity index (χ0n) is 11.4. The minimum atomic E-state index is 0.135. The van der Waals surface area contributed by atoms with Crippen LogP contribution in [0.1, 0.15) is 11.8 Å². The summed E-state index contributed by atoms with van der Waals surface area (Å²) in [4.78, 5) is 4.50. The van der Waals surface area contributed by atoms with Crippen LogP contribution < -0.4 is 0 Å². The number of aliphatic hydroxyl groups excluding tert-OH is 1. The van der Waals surface area contributed by atoms with Gasteiger partial charge in [-0.05, 0) is 0 Å². The summed E-state index contributed by atoms with van der Waals surface area (Å²) in [5, 5.41) is 16.9. The summed E-state index contributed by atoms with van der Waals surface area (Å²) in [5.41, 5.74) is 0. The molecule has 1 aromatic rings. The lowest BCUT2D eigenvalue weighted by Gasteiger charge is -2.29. The van der Waals surface area contributed by atoms with Crippen LogP contribution in [0.25, 0.3) is 0 Å². The molecule has 1 aliphatic rings.